The Kier molecular flexibility index (Phi) is 6.26. The molecule has 0 fully saturated rings. The van der Waals surface area contributed by atoms with Gasteiger partial charge in [0.2, 0.25) is 5.91 Å². The lowest BCUT2D eigenvalue weighted by Crippen LogP contribution is -2.12. The lowest BCUT2D eigenvalue weighted by molar-refractivity contribution is -0.116. The van der Waals surface area contributed by atoms with Crippen molar-refractivity contribution in [1.82, 2.24) is 0 Å². The topological polar surface area (TPSA) is 38.3 Å². The van der Waals surface area contributed by atoms with E-state index in [-0.39, 0.29) is 5.91 Å². The highest BCUT2D eigenvalue weighted by atomic mass is 79.9. The standard InChI is InChI=1S/C16H18BrNO2S/c1-2-20-14-8-4-3-7-13(14)18-16(19)9-5-6-12-10-11-15(17)21-12/h3-4,7-8,10-11H,2,5-6,9H2,1H3,(H,18,19). The Morgan fingerprint density at radius 3 is 2.81 bits per heavy atom. The first-order valence-electron chi connectivity index (χ1n) is 6.95. The molecule has 0 atom stereocenters. The summed E-state index contributed by atoms with van der Waals surface area (Å²) in [5, 5.41) is 2.92. The molecule has 2 rings (SSSR count). The molecule has 1 amide bonds. The van der Waals surface area contributed by atoms with Crippen LogP contribution in [0, 0.1) is 0 Å². The zero-order valence-corrected chi connectivity index (χ0v) is 14.3. The number of benzene rings is 1. The molecule has 0 unspecified atom stereocenters. The van der Waals surface area contributed by atoms with E-state index in [4.69, 9.17) is 4.74 Å². The number of halogens is 1. The van der Waals surface area contributed by atoms with Gasteiger partial charge in [-0.05, 0) is 60.0 Å². The van der Waals surface area contributed by atoms with Gasteiger partial charge in [-0.1, -0.05) is 12.1 Å². The molecule has 0 saturated heterocycles. The van der Waals surface area contributed by atoms with Gasteiger partial charge in [-0.15, -0.1) is 11.3 Å². The van der Waals surface area contributed by atoms with E-state index in [1.54, 1.807) is 11.3 Å². The highest BCUT2D eigenvalue weighted by Gasteiger charge is 2.07. The first-order valence-corrected chi connectivity index (χ1v) is 8.56. The molecule has 1 aromatic carbocycles. The van der Waals surface area contributed by atoms with Crippen molar-refractivity contribution in [2.45, 2.75) is 26.2 Å². The van der Waals surface area contributed by atoms with Gasteiger partial charge in [-0.3, -0.25) is 4.79 Å². The summed E-state index contributed by atoms with van der Waals surface area (Å²) in [4.78, 5) is 13.3. The number of aryl methyl sites for hydroxylation is 1. The van der Waals surface area contributed by atoms with Crippen LogP contribution in [0.15, 0.2) is 40.2 Å². The van der Waals surface area contributed by atoms with E-state index in [0.29, 0.717) is 13.0 Å². The number of ether oxygens (including phenoxy) is 1. The van der Waals surface area contributed by atoms with Crippen LogP contribution >= 0.6 is 27.3 Å². The number of carbonyl (C=O) groups is 1. The molecule has 0 aliphatic heterocycles. The van der Waals surface area contributed by atoms with E-state index in [1.165, 1.54) is 4.88 Å². The Hall–Kier alpha value is -1.33. The minimum absolute atomic E-state index is 0.0257. The number of nitrogens with one attached hydrogen (secondary N) is 1. The predicted octanol–water partition coefficient (Wildman–Crippen LogP) is 4.87. The van der Waals surface area contributed by atoms with E-state index in [9.17, 15) is 4.79 Å². The summed E-state index contributed by atoms with van der Waals surface area (Å²) in [6.07, 6.45) is 2.28. The smallest absolute Gasteiger partial charge is 0.224 e. The number of rotatable bonds is 7. The Balaban J connectivity index is 1.81. The molecule has 0 bridgehead atoms. The summed E-state index contributed by atoms with van der Waals surface area (Å²) in [5.41, 5.74) is 0.739. The first kappa shape index (κ1) is 16.0. The highest BCUT2D eigenvalue weighted by molar-refractivity contribution is 9.11. The van der Waals surface area contributed by atoms with Gasteiger partial charge in [0.25, 0.3) is 0 Å². The van der Waals surface area contributed by atoms with Crippen LogP contribution in [0.25, 0.3) is 0 Å². The van der Waals surface area contributed by atoms with Crippen LogP contribution in [0.5, 0.6) is 5.75 Å². The second-order valence-electron chi connectivity index (χ2n) is 4.54. The number of hydrogen-bond donors (Lipinski definition) is 1. The third kappa shape index (κ3) is 5.17. The summed E-state index contributed by atoms with van der Waals surface area (Å²) in [6, 6.07) is 11.6. The fourth-order valence-electron chi connectivity index (χ4n) is 1.97. The van der Waals surface area contributed by atoms with Crippen LogP contribution in [0.3, 0.4) is 0 Å². The van der Waals surface area contributed by atoms with Crippen molar-refractivity contribution in [3.05, 3.63) is 45.1 Å². The Morgan fingerprint density at radius 1 is 1.29 bits per heavy atom. The van der Waals surface area contributed by atoms with Gasteiger partial charge in [-0.2, -0.15) is 0 Å². The van der Waals surface area contributed by atoms with Gasteiger partial charge < -0.3 is 10.1 Å². The molecule has 2 aromatic rings. The fraction of sp³-hybridized carbons (Fsp3) is 0.312. The number of hydrogen-bond acceptors (Lipinski definition) is 3. The third-order valence-corrected chi connectivity index (χ3v) is 4.60. The molecule has 0 radical (unpaired) electrons. The molecule has 1 N–H and O–H groups in total. The molecule has 5 heteroatoms. The van der Waals surface area contributed by atoms with E-state index in [0.717, 1.165) is 28.1 Å². The van der Waals surface area contributed by atoms with Crippen LogP contribution in [0.4, 0.5) is 5.69 Å². The monoisotopic (exact) mass is 367 g/mol. The highest BCUT2D eigenvalue weighted by Crippen LogP contribution is 2.25. The minimum Gasteiger partial charge on any atom is -0.492 e. The Bertz CT molecular complexity index is 597. The van der Waals surface area contributed by atoms with Crippen LogP contribution in [0.1, 0.15) is 24.6 Å². The average Bonchev–Trinajstić information content (AvgIpc) is 2.87. The Labute approximate surface area is 137 Å². The van der Waals surface area contributed by atoms with Crippen molar-refractivity contribution < 1.29 is 9.53 Å². The minimum atomic E-state index is 0.0257. The van der Waals surface area contributed by atoms with Gasteiger partial charge >= 0.3 is 0 Å². The first-order chi connectivity index (χ1) is 10.2. The lowest BCUT2D eigenvalue weighted by Gasteiger charge is -2.11. The fourth-order valence-corrected chi connectivity index (χ4v) is 3.50. The molecule has 112 valence electrons. The summed E-state index contributed by atoms with van der Waals surface area (Å²) in [7, 11) is 0. The van der Waals surface area contributed by atoms with Gasteiger partial charge in [0.1, 0.15) is 5.75 Å². The predicted molar refractivity (Wildman–Crippen MR) is 91.2 cm³/mol. The summed E-state index contributed by atoms with van der Waals surface area (Å²) in [5.74, 6) is 0.744. The normalized spacial score (nSPS) is 10.4. The van der Waals surface area contributed by atoms with Crippen LogP contribution in [-0.2, 0) is 11.2 Å². The van der Waals surface area contributed by atoms with Gasteiger partial charge in [0.15, 0.2) is 0 Å². The van der Waals surface area contributed by atoms with Crippen molar-refractivity contribution in [1.29, 1.82) is 0 Å². The number of anilines is 1. The maximum atomic E-state index is 12.0. The summed E-state index contributed by atoms with van der Waals surface area (Å²) < 4.78 is 6.63. The quantitative estimate of drug-likeness (QED) is 0.757. The molecule has 0 saturated carbocycles. The second-order valence-corrected chi connectivity index (χ2v) is 7.08. The lowest BCUT2D eigenvalue weighted by atomic mass is 10.2. The van der Waals surface area contributed by atoms with Crippen molar-refractivity contribution in [2.24, 2.45) is 0 Å². The van der Waals surface area contributed by atoms with Crippen LogP contribution < -0.4 is 10.1 Å². The molecule has 0 aliphatic carbocycles. The van der Waals surface area contributed by atoms with Gasteiger partial charge in [-0.25, -0.2) is 0 Å². The zero-order valence-electron chi connectivity index (χ0n) is 11.9. The number of thiophene rings is 1. The molecule has 3 nitrogen and oxygen atoms in total. The molecule has 0 spiro atoms. The average molecular weight is 368 g/mol. The molecule has 1 aromatic heterocycles. The number of para-hydroxylation sites is 2. The van der Waals surface area contributed by atoms with E-state index in [2.05, 4.69) is 27.3 Å². The van der Waals surface area contributed by atoms with Crippen LogP contribution in [0.2, 0.25) is 0 Å². The van der Waals surface area contributed by atoms with Crippen molar-refractivity contribution in [3.63, 3.8) is 0 Å². The van der Waals surface area contributed by atoms with Gasteiger partial charge in [0, 0.05) is 11.3 Å². The van der Waals surface area contributed by atoms with Crippen LogP contribution in [-0.4, -0.2) is 12.5 Å². The molecular weight excluding hydrogens is 350 g/mol. The number of carbonyl (C=O) groups excluding carboxylic acids is 1. The molecular formula is C16H18BrNO2S. The third-order valence-electron chi connectivity index (χ3n) is 2.92. The van der Waals surface area contributed by atoms with Gasteiger partial charge in [0.05, 0.1) is 16.1 Å². The summed E-state index contributed by atoms with van der Waals surface area (Å²) >= 11 is 5.16. The molecule has 1 heterocycles. The van der Waals surface area contributed by atoms with E-state index < -0.39 is 0 Å². The summed E-state index contributed by atoms with van der Waals surface area (Å²) in [6.45, 7) is 2.51. The SMILES string of the molecule is CCOc1ccccc1NC(=O)CCCc1ccc(Br)s1. The van der Waals surface area contributed by atoms with E-state index in [1.807, 2.05) is 37.3 Å². The van der Waals surface area contributed by atoms with E-state index >= 15 is 0 Å². The Morgan fingerprint density at radius 2 is 2.10 bits per heavy atom. The maximum Gasteiger partial charge on any atom is 0.224 e. The van der Waals surface area contributed by atoms with Crippen molar-refractivity contribution in [3.8, 4) is 5.75 Å². The second kappa shape index (κ2) is 8.20. The maximum absolute atomic E-state index is 12.0. The van der Waals surface area contributed by atoms with Crippen molar-refractivity contribution in [2.75, 3.05) is 11.9 Å². The molecule has 21 heavy (non-hydrogen) atoms. The number of amides is 1. The zero-order chi connectivity index (χ0) is 15.1. The largest absolute Gasteiger partial charge is 0.492 e. The molecule has 0 aliphatic rings. The van der Waals surface area contributed by atoms with Crippen molar-refractivity contribution >= 4 is 38.9 Å².